The summed E-state index contributed by atoms with van der Waals surface area (Å²) in [6.45, 7) is 0. The van der Waals surface area contributed by atoms with E-state index in [0.29, 0.717) is 11.3 Å². The van der Waals surface area contributed by atoms with Gasteiger partial charge in [-0.05, 0) is 12.1 Å². The third-order valence-electron chi connectivity index (χ3n) is 2.74. The second kappa shape index (κ2) is 4.93. The number of imide groups is 2. The van der Waals surface area contributed by atoms with Gasteiger partial charge in [0.05, 0.1) is 7.11 Å². The fourth-order valence-electron chi connectivity index (χ4n) is 1.69. The lowest BCUT2D eigenvalue weighted by atomic mass is 10.1. The fourth-order valence-corrected chi connectivity index (χ4v) is 1.69. The van der Waals surface area contributed by atoms with E-state index in [9.17, 15) is 14.4 Å². The number of barbiturate groups is 1. The van der Waals surface area contributed by atoms with Crippen LogP contribution in [0.25, 0.3) is 6.08 Å². The number of carbonyl (C=O) groups is 3. The third-order valence-corrected chi connectivity index (χ3v) is 2.74. The first-order chi connectivity index (χ1) is 9.04. The molecule has 0 spiro atoms. The number of hydrogen-bond acceptors (Lipinski definition) is 4. The van der Waals surface area contributed by atoms with Crippen molar-refractivity contribution >= 4 is 23.9 Å². The SMILES string of the molecule is COc1ccccc1/C=C1\C(=O)NC(=O)N(C)C1=O. The van der Waals surface area contributed by atoms with Gasteiger partial charge in [-0.3, -0.25) is 19.8 Å². The van der Waals surface area contributed by atoms with Gasteiger partial charge in [0.25, 0.3) is 11.8 Å². The molecule has 1 heterocycles. The lowest BCUT2D eigenvalue weighted by molar-refractivity contribution is -0.129. The normalized spacial score (nSPS) is 17.7. The van der Waals surface area contributed by atoms with Crippen LogP contribution >= 0.6 is 0 Å². The van der Waals surface area contributed by atoms with Crippen LogP contribution in [0.15, 0.2) is 29.8 Å². The molecule has 1 N–H and O–H groups in total. The van der Waals surface area contributed by atoms with Crippen LogP contribution in [0.4, 0.5) is 4.79 Å². The highest BCUT2D eigenvalue weighted by molar-refractivity contribution is 6.30. The first-order valence-electron chi connectivity index (χ1n) is 5.52. The van der Waals surface area contributed by atoms with Gasteiger partial charge >= 0.3 is 6.03 Å². The fraction of sp³-hybridized carbons (Fsp3) is 0.154. The van der Waals surface area contributed by atoms with Crippen molar-refractivity contribution in [2.75, 3.05) is 14.2 Å². The minimum atomic E-state index is -0.729. The van der Waals surface area contributed by atoms with Crippen LogP contribution in [-0.2, 0) is 9.59 Å². The molecule has 1 aromatic rings. The number of para-hydroxylation sites is 1. The molecule has 1 aliphatic rings. The molecular weight excluding hydrogens is 248 g/mol. The first-order valence-corrected chi connectivity index (χ1v) is 5.52. The molecule has 0 unspecified atom stereocenters. The van der Waals surface area contributed by atoms with Crippen molar-refractivity contribution in [3.05, 3.63) is 35.4 Å². The number of carbonyl (C=O) groups excluding carboxylic acids is 3. The molecule has 6 nitrogen and oxygen atoms in total. The summed E-state index contributed by atoms with van der Waals surface area (Å²) in [6.07, 6.45) is 1.40. The van der Waals surface area contributed by atoms with Crippen molar-refractivity contribution in [3.63, 3.8) is 0 Å². The molecule has 6 heteroatoms. The van der Waals surface area contributed by atoms with E-state index in [1.807, 2.05) is 0 Å². The van der Waals surface area contributed by atoms with Crippen molar-refractivity contribution in [3.8, 4) is 5.75 Å². The maximum atomic E-state index is 11.9. The van der Waals surface area contributed by atoms with Crippen LogP contribution in [-0.4, -0.2) is 36.9 Å². The Labute approximate surface area is 109 Å². The van der Waals surface area contributed by atoms with Gasteiger partial charge in [0.15, 0.2) is 0 Å². The molecule has 0 saturated carbocycles. The van der Waals surface area contributed by atoms with Gasteiger partial charge in [0, 0.05) is 12.6 Å². The summed E-state index contributed by atoms with van der Waals surface area (Å²) < 4.78 is 5.14. The van der Waals surface area contributed by atoms with Crippen molar-refractivity contribution in [1.82, 2.24) is 10.2 Å². The summed E-state index contributed by atoms with van der Waals surface area (Å²) in [5, 5.41) is 2.09. The third kappa shape index (κ3) is 2.33. The number of rotatable bonds is 2. The predicted octanol–water partition coefficient (Wildman–Crippen LogP) is 0.787. The minimum Gasteiger partial charge on any atom is -0.496 e. The average molecular weight is 260 g/mol. The summed E-state index contributed by atoms with van der Waals surface area (Å²) in [4.78, 5) is 35.7. The molecule has 4 amide bonds. The number of urea groups is 1. The van der Waals surface area contributed by atoms with Crippen LogP contribution in [0.1, 0.15) is 5.56 Å². The molecule has 0 radical (unpaired) electrons. The second-order valence-corrected chi connectivity index (χ2v) is 3.92. The monoisotopic (exact) mass is 260 g/mol. The lowest BCUT2D eigenvalue weighted by Crippen LogP contribution is -2.52. The van der Waals surface area contributed by atoms with Gasteiger partial charge in [-0.25, -0.2) is 4.79 Å². The number of amides is 4. The Morgan fingerprint density at radius 1 is 1.21 bits per heavy atom. The molecule has 1 fully saturated rings. The van der Waals surface area contributed by atoms with Gasteiger partial charge in [0.1, 0.15) is 11.3 Å². The predicted molar refractivity (Wildman–Crippen MR) is 67.3 cm³/mol. The Morgan fingerprint density at radius 3 is 2.58 bits per heavy atom. The zero-order valence-electron chi connectivity index (χ0n) is 10.5. The molecule has 19 heavy (non-hydrogen) atoms. The second-order valence-electron chi connectivity index (χ2n) is 3.92. The van der Waals surface area contributed by atoms with Crippen LogP contribution in [0.5, 0.6) is 5.75 Å². The van der Waals surface area contributed by atoms with E-state index in [1.54, 1.807) is 24.3 Å². The zero-order chi connectivity index (χ0) is 14.0. The van der Waals surface area contributed by atoms with Gasteiger partial charge in [-0.2, -0.15) is 0 Å². The standard InChI is InChI=1S/C13H12N2O4/c1-15-12(17)9(11(16)14-13(15)18)7-8-5-3-4-6-10(8)19-2/h3-7H,1-2H3,(H,14,16,18)/b9-7+. The number of likely N-dealkylation sites (N-methyl/N-ethyl adjacent to an activating group) is 1. The molecule has 1 aliphatic heterocycles. The van der Waals surface area contributed by atoms with Crippen molar-refractivity contribution < 1.29 is 19.1 Å². The minimum absolute atomic E-state index is 0.105. The number of ether oxygens (including phenoxy) is 1. The Bertz CT molecular complexity index is 592. The number of benzene rings is 1. The summed E-state index contributed by atoms with van der Waals surface area (Å²) in [6, 6.07) is 6.23. The quantitative estimate of drug-likeness (QED) is 0.630. The highest BCUT2D eigenvalue weighted by Gasteiger charge is 2.33. The Balaban J connectivity index is 2.44. The molecule has 0 aromatic heterocycles. The maximum absolute atomic E-state index is 11.9. The van der Waals surface area contributed by atoms with E-state index < -0.39 is 17.8 Å². The van der Waals surface area contributed by atoms with E-state index in [0.717, 1.165) is 4.90 Å². The van der Waals surface area contributed by atoms with E-state index in [1.165, 1.54) is 20.2 Å². The average Bonchev–Trinajstić information content (AvgIpc) is 2.41. The van der Waals surface area contributed by atoms with Crippen molar-refractivity contribution in [2.24, 2.45) is 0 Å². The summed E-state index contributed by atoms with van der Waals surface area (Å²) in [7, 11) is 2.80. The highest BCUT2D eigenvalue weighted by Crippen LogP contribution is 2.22. The molecule has 98 valence electrons. The smallest absolute Gasteiger partial charge is 0.331 e. The lowest BCUT2D eigenvalue weighted by Gasteiger charge is -2.22. The first kappa shape index (κ1) is 12.8. The van der Waals surface area contributed by atoms with Crippen molar-refractivity contribution in [2.45, 2.75) is 0 Å². The molecule has 0 aliphatic carbocycles. The molecule has 0 atom stereocenters. The van der Waals surface area contributed by atoms with Crippen LogP contribution in [0.3, 0.4) is 0 Å². The summed E-state index contributed by atoms with van der Waals surface area (Å²) >= 11 is 0. The largest absolute Gasteiger partial charge is 0.496 e. The molecule has 1 aromatic carbocycles. The number of methoxy groups -OCH3 is 1. The molecular formula is C13H12N2O4. The molecule has 0 bridgehead atoms. The molecule has 1 saturated heterocycles. The Morgan fingerprint density at radius 2 is 1.89 bits per heavy atom. The zero-order valence-corrected chi connectivity index (χ0v) is 10.5. The van der Waals surface area contributed by atoms with Crippen LogP contribution in [0.2, 0.25) is 0 Å². The van der Waals surface area contributed by atoms with E-state index in [2.05, 4.69) is 5.32 Å². The number of nitrogens with one attached hydrogen (secondary N) is 1. The van der Waals surface area contributed by atoms with Gasteiger partial charge in [0.2, 0.25) is 0 Å². The van der Waals surface area contributed by atoms with Crippen LogP contribution < -0.4 is 10.1 Å². The Hall–Kier alpha value is -2.63. The number of hydrogen-bond donors (Lipinski definition) is 1. The number of nitrogens with zero attached hydrogens (tertiary/aromatic N) is 1. The highest BCUT2D eigenvalue weighted by atomic mass is 16.5. The van der Waals surface area contributed by atoms with Crippen LogP contribution in [0, 0.1) is 0 Å². The van der Waals surface area contributed by atoms with Gasteiger partial charge < -0.3 is 4.74 Å². The van der Waals surface area contributed by atoms with E-state index in [4.69, 9.17) is 4.74 Å². The summed E-state index contributed by atoms with van der Waals surface area (Å²) in [5.41, 5.74) is 0.484. The van der Waals surface area contributed by atoms with E-state index in [-0.39, 0.29) is 5.57 Å². The van der Waals surface area contributed by atoms with Gasteiger partial charge in [-0.1, -0.05) is 18.2 Å². The molecule has 2 rings (SSSR count). The van der Waals surface area contributed by atoms with Crippen molar-refractivity contribution in [1.29, 1.82) is 0 Å². The topological polar surface area (TPSA) is 75.7 Å². The Kier molecular flexibility index (Phi) is 3.33. The van der Waals surface area contributed by atoms with E-state index >= 15 is 0 Å². The maximum Gasteiger partial charge on any atom is 0.331 e. The summed E-state index contributed by atoms with van der Waals surface area (Å²) in [5.74, 6) is -0.811. The van der Waals surface area contributed by atoms with Gasteiger partial charge in [-0.15, -0.1) is 0 Å².